The fraction of sp³-hybridized carbons (Fsp3) is 0.174. The van der Waals surface area contributed by atoms with Crippen molar-refractivity contribution in [2.24, 2.45) is 0 Å². The lowest BCUT2D eigenvalue weighted by atomic mass is 9.91. The monoisotopic (exact) mass is 362 g/mol. The minimum Gasteiger partial charge on any atom is -0.508 e. The topological polar surface area (TPSA) is 55.8 Å². The quantitative estimate of drug-likeness (QED) is 0.646. The summed E-state index contributed by atoms with van der Waals surface area (Å²) in [6, 6.07) is 18.5. The van der Waals surface area contributed by atoms with Crippen LogP contribution in [0.4, 0.5) is 0 Å². The van der Waals surface area contributed by atoms with Gasteiger partial charge < -0.3 is 14.6 Å². The van der Waals surface area contributed by atoms with Gasteiger partial charge in [-0.25, -0.2) is 4.79 Å². The smallest absolute Gasteiger partial charge is 0.337 e. The third-order valence-corrected chi connectivity index (χ3v) is 4.46. The highest BCUT2D eigenvalue weighted by molar-refractivity contribution is 5.92. The lowest BCUT2D eigenvalue weighted by Gasteiger charge is -2.17. The molecule has 4 nitrogen and oxygen atoms in total. The summed E-state index contributed by atoms with van der Waals surface area (Å²) in [7, 11) is 1.37. The number of carbonyl (C=O) groups excluding carboxylic acids is 1. The summed E-state index contributed by atoms with van der Waals surface area (Å²) in [5.74, 6) is 0.612. The van der Waals surface area contributed by atoms with Crippen molar-refractivity contribution >= 4 is 5.97 Å². The number of carbonyl (C=O) groups is 1. The SMILES string of the molecule is COC(=O)c1ccc(COc2ccccc2)c(-c2c(C)cc(O)cc2C)c1. The highest BCUT2D eigenvalue weighted by atomic mass is 16.5. The van der Waals surface area contributed by atoms with Gasteiger partial charge in [0, 0.05) is 0 Å². The first-order valence-electron chi connectivity index (χ1n) is 8.69. The third kappa shape index (κ3) is 4.11. The predicted octanol–water partition coefficient (Wildman–Crippen LogP) is 5.04. The molecule has 0 spiro atoms. The van der Waals surface area contributed by atoms with E-state index in [1.54, 1.807) is 18.2 Å². The summed E-state index contributed by atoms with van der Waals surface area (Å²) in [6.07, 6.45) is 0. The van der Waals surface area contributed by atoms with E-state index >= 15 is 0 Å². The van der Waals surface area contributed by atoms with E-state index in [0.717, 1.165) is 33.6 Å². The Morgan fingerprint density at radius 2 is 1.63 bits per heavy atom. The summed E-state index contributed by atoms with van der Waals surface area (Å²) in [5, 5.41) is 9.87. The molecule has 1 N–H and O–H groups in total. The van der Waals surface area contributed by atoms with Crippen LogP contribution >= 0.6 is 0 Å². The molecule has 0 heterocycles. The van der Waals surface area contributed by atoms with Crippen molar-refractivity contribution in [3.8, 4) is 22.6 Å². The molecule has 0 fully saturated rings. The van der Waals surface area contributed by atoms with Crippen molar-refractivity contribution < 1.29 is 19.4 Å². The molecule has 0 amide bonds. The van der Waals surface area contributed by atoms with Crippen molar-refractivity contribution in [3.05, 3.63) is 82.9 Å². The number of phenolic OH excluding ortho intramolecular Hbond substituents is 1. The van der Waals surface area contributed by atoms with Crippen LogP contribution in [-0.2, 0) is 11.3 Å². The molecule has 0 aliphatic carbocycles. The standard InChI is InChI=1S/C23H22O4/c1-15-11-19(24)12-16(2)22(15)21-13-17(23(25)26-3)9-10-18(21)14-27-20-7-5-4-6-8-20/h4-13,24H,14H2,1-3H3. The van der Waals surface area contributed by atoms with Crippen LogP contribution in [0.5, 0.6) is 11.5 Å². The van der Waals surface area contributed by atoms with Crippen LogP contribution in [0.2, 0.25) is 0 Å². The van der Waals surface area contributed by atoms with Gasteiger partial charge in [0.15, 0.2) is 0 Å². The molecule has 3 aromatic carbocycles. The highest BCUT2D eigenvalue weighted by Gasteiger charge is 2.16. The molecule has 0 radical (unpaired) electrons. The Morgan fingerprint density at radius 3 is 2.26 bits per heavy atom. The second-order valence-corrected chi connectivity index (χ2v) is 6.42. The maximum atomic E-state index is 12.0. The number of esters is 1. The third-order valence-electron chi connectivity index (χ3n) is 4.46. The number of rotatable bonds is 5. The Labute approximate surface area is 159 Å². The Bertz CT molecular complexity index is 938. The Balaban J connectivity index is 2.07. The predicted molar refractivity (Wildman–Crippen MR) is 105 cm³/mol. The molecule has 0 saturated heterocycles. The minimum atomic E-state index is -0.388. The molecule has 0 aliphatic rings. The highest BCUT2D eigenvalue weighted by Crippen LogP contribution is 2.34. The molecule has 0 aromatic heterocycles. The molecule has 3 aromatic rings. The van der Waals surface area contributed by atoms with Crippen molar-refractivity contribution in [1.29, 1.82) is 0 Å². The van der Waals surface area contributed by atoms with E-state index in [9.17, 15) is 9.90 Å². The van der Waals surface area contributed by atoms with Gasteiger partial charge >= 0.3 is 5.97 Å². The van der Waals surface area contributed by atoms with Crippen molar-refractivity contribution in [3.63, 3.8) is 0 Å². The summed E-state index contributed by atoms with van der Waals surface area (Å²) in [6.45, 7) is 4.24. The van der Waals surface area contributed by atoms with Crippen LogP contribution in [-0.4, -0.2) is 18.2 Å². The van der Waals surface area contributed by atoms with Crippen molar-refractivity contribution in [2.45, 2.75) is 20.5 Å². The van der Waals surface area contributed by atoms with Crippen molar-refractivity contribution in [1.82, 2.24) is 0 Å². The average Bonchev–Trinajstić information content (AvgIpc) is 2.66. The number of phenols is 1. The number of aromatic hydroxyl groups is 1. The molecule has 0 bridgehead atoms. The molecule has 0 unspecified atom stereocenters. The maximum Gasteiger partial charge on any atom is 0.337 e. The fourth-order valence-corrected chi connectivity index (χ4v) is 3.22. The van der Waals surface area contributed by atoms with Crippen LogP contribution in [0, 0.1) is 13.8 Å². The Kier molecular flexibility index (Phi) is 5.46. The van der Waals surface area contributed by atoms with Crippen LogP contribution < -0.4 is 4.74 Å². The number of methoxy groups -OCH3 is 1. The number of hydrogen-bond acceptors (Lipinski definition) is 4. The first-order valence-corrected chi connectivity index (χ1v) is 8.69. The second kappa shape index (κ2) is 7.96. The van der Waals surface area contributed by atoms with Gasteiger partial charge in [0.2, 0.25) is 0 Å². The van der Waals surface area contributed by atoms with E-state index in [1.807, 2.05) is 56.3 Å². The summed E-state index contributed by atoms with van der Waals surface area (Å²) in [5.41, 5.74) is 5.14. The van der Waals surface area contributed by atoms with Gasteiger partial charge in [-0.1, -0.05) is 24.3 Å². The molecule has 0 atom stereocenters. The molecule has 4 heteroatoms. The van der Waals surface area contributed by atoms with Gasteiger partial charge in [0.1, 0.15) is 18.1 Å². The minimum absolute atomic E-state index is 0.222. The number of hydrogen-bond donors (Lipinski definition) is 1. The summed E-state index contributed by atoms with van der Waals surface area (Å²) in [4.78, 5) is 12.0. The number of para-hydroxylation sites is 1. The van der Waals surface area contributed by atoms with E-state index in [4.69, 9.17) is 9.47 Å². The van der Waals surface area contributed by atoms with Gasteiger partial charge in [-0.05, 0) is 78.1 Å². The summed E-state index contributed by atoms with van der Waals surface area (Å²) < 4.78 is 10.8. The zero-order valence-corrected chi connectivity index (χ0v) is 15.7. The molecule has 3 rings (SSSR count). The number of aryl methyl sites for hydroxylation is 2. The van der Waals surface area contributed by atoms with Gasteiger partial charge in [0.05, 0.1) is 12.7 Å². The molecule has 27 heavy (non-hydrogen) atoms. The van der Waals surface area contributed by atoms with Crippen molar-refractivity contribution in [2.75, 3.05) is 7.11 Å². The first-order chi connectivity index (χ1) is 13.0. The van der Waals surface area contributed by atoms with Crippen LogP contribution in [0.3, 0.4) is 0 Å². The molecule has 0 aliphatic heterocycles. The van der Waals surface area contributed by atoms with Crippen LogP contribution in [0.25, 0.3) is 11.1 Å². The molecular formula is C23H22O4. The number of ether oxygens (including phenoxy) is 2. The Morgan fingerprint density at radius 1 is 0.963 bits per heavy atom. The summed E-state index contributed by atoms with van der Waals surface area (Å²) >= 11 is 0. The van der Waals surface area contributed by atoms with E-state index in [0.29, 0.717) is 12.2 Å². The zero-order chi connectivity index (χ0) is 19.4. The molecular weight excluding hydrogens is 340 g/mol. The largest absolute Gasteiger partial charge is 0.508 e. The fourth-order valence-electron chi connectivity index (χ4n) is 3.22. The average molecular weight is 362 g/mol. The lowest BCUT2D eigenvalue weighted by Crippen LogP contribution is -2.05. The normalized spacial score (nSPS) is 10.5. The maximum absolute atomic E-state index is 12.0. The zero-order valence-electron chi connectivity index (χ0n) is 15.7. The van der Waals surface area contributed by atoms with E-state index in [2.05, 4.69) is 0 Å². The van der Waals surface area contributed by atoms with Gasteiger partial charge in [-0.2, -0.15) is 0 Å². The molecule has 0 saturated carbocycles. The Hall–Kier alpha value is -3.27. The van der Waals surface area contributed by atoms with E-state index in [1.165, 1.54) is 7.11 Å². The second-order valence-electron chi connectivity index (χ2n) is 6.42. The van der Waals surface area contributed by atoms with E-state index in [-0.39, 0.29) is 11.7 Å². The first kappa shape index (κ1) is 18.5. The number of benzene rings is 3. The van der Waals surface area contributed by atoms with Gasteiger partial charge in [-0.3, -0.25) is 0 Å². The van der Waals surface area contributed by atoms with Crippen LogP contribution in [0.15, 0.2) is 60.7 Å². The van der Waals surface area contributed by atoms with Gasteiger partial charge in [-0.15, -0.1) is 0 Å². The lowest BCUT2D eigenvalue weighted by molar-refractivity contribution is 0.0600. The van der Waals surface area contributed by atoms with Gasteiger partial charge in [0.25, 0.3) is 0 Å². The molecule has 138 valence electrons. The van der Waals surface area contributed by atoms with E-state index < -0.39 is 0 Å². The van der Waals surface area contributed by atoms with Crippen LogP contribution in [0.1, 0.15) is 27.0 Å².